The fourth-order valence-corrected chi connectivity index (χ4v) is 9.36. The van der Waals surface area contributed by atoms with Gasteiger partial charge in [0.2, 0.25) is 0 Å². The van der Waals surface area contributed by atoms with Crippen molar-refractivity contribution in [2.45, 2.75) is 125 Å². The minimum Gasteiger partial charge on any atom is -0.458 e. The molecule has 4 aliphatic rings. The van der Waals surface area contributed by atoms with Crippen LogP contribution in [0.15, 0.2) is 11.6 Å². The van der Waals surface area contributed by atoms with Crippen LogP contribution in [0.3, 0.4) is 0 Å². The molecular weight excluding hydrogens is 436 g/mol. The zero-order valence-corrected chi connectivity index (χ0v) is 23.4. The van der Waals surface area contributed by atoms with Crippen molar-refractivity contribution in [1.82, 2.24) is 0 Å². The van der Waals surface area contributed by atoms with E-state index in [1.807, 2.05) is 0 Å². The molecule has 198 valence electrons. The topological polar surface area (TPSA) is 52.6 Å². The molecule has 3 fully saturated rings. The smallest absolute Gasteiger partial charge is 0.303 e. The van der Waals surface area contributed by atoms with Crippen LogP contribution >= 0.6 is 0 Å². The van der Waals surface area contributed by atoms with Crippen LogP contribution in [0, 0.1) is 46.3 Å². The molecule has 0 N–H and O–H groups in total. The average Bonchev–Trinajstić information content (AvgIpc) is 3.11. The normalized spacial score (nSPS) is 41.3. The first-order valence-corrected chi connectivity index (χ1v) is 14.5. The Labute approximate surface area is 214 Å². The Hall–Kier alpha value is -1.32. The Balaban J connectivity index is 1.58. The minimum atomic E-state index is -0.235. The summed E-state index contributed by atoms with van der Waals surface area (Å²) >= 11 is 0. The van der Waals surface area contributed by atoms with Crippen molar-refractivity contribution in [3.63, 3.8) is 0 Å². The predicted octanol–water partition coefficient (Wildman–Crippen LogP) is 7.50. The molecular formula is C31H50O4. The Bertz CT molecular complexity index is 830. The highest BCUT2D eigenvalue weighted by Crippen LogP contribution is 2.68. The van der Waals surface area contributed by atoms with Gasteiger partial charge in [-0.25, -0.2) is 0 Å². The molecule has 0 heterocycles. The summed E-state index contributed by atoms with van der Waals surface area (Å²) in [5, 5.41) is 0. The maximum Gasteiger partial charge on any atom is 0.303 e. The van der Waals surface area contributed by atoms with Gasteiger partial charge in [0.15, 0.2) is 0 Å². The van der Waals surface area contributed by atoms with Crippen LogP contribution in [0.25, 0.3) is 0 Å². The summed E-state index contributed by atoms with van der Waals surface area (Å²) in [6, 6.07) is 0. The molecule has 35 heavy (non-hydrogen) atoms. The first kappa shape index (κ1) is 26.7. The largest absolute Gasteiger partial charge is 0.458 e. The van der Waals surface area contributed by atoms with Gasteiger partial charge >= 0.3 is 11.9 Å². The van der Waals surface area contributed by atoms with Crippen molar-refractivity contribution in [2.24, 2.45) is 46.3 Å². The average molecular weight is 487 g/mol. The van der Waals surface area contributed by atoms with Crippen LogP contribution in [0.5, 0.6) is 0 Å². The van der Waals surface area contributed by atoms with Crippen LogP contribution in [-0.2, 0) is 19.1 Å². The number of carbonyl (C=O) groups is 2. The summed E-state index contributed by atoms with van der Waals surface area (Å²) in [6.07, 6.45) is 13.9. The number of hydrogen-bond acceptors (Lipinski definition) is 4. The van der Waals surface area contributed by atoms with E-state index in [9.17, 15) is 9.59 Å². The van der Waals surface area contributed by atoms with Crippen molar-refractivity contribution < 1.29 is 19.1 Å². The molecule has 0 saturated heterocycles. The Kier molecular flexibility index (Phi) is 7.80. The van der Waals surface area contributed by atoms with Gasteiger partial charge in [-0.1, -0.05) is 53.9 Å². The lowest BCUT2D eigenvalue weighted by molar-refractivity contribution is -0.155. The third kappa shape index (κ3) is 5.10. The molecule has 3 saturated carbocycles. The third-order valence-electron chi connectivity index (χ3n) is 10.9. The second-order valence-electron chi connectivity index (χ2n) is 13.5. The lowest BCUT2D eigenvalue weighted by Crippen LogP contribution is -2.55. The van der Waals surface area contributed by atoms with E-state index in [-0.39, 0.29) is 29.6 Å². The van der Waals surface area contributed by atoms with E-state index in [0.29, 0.717) is 17.3 Å². The van der Waals surface area contributed by atoms with Gasteiger partial charge in [0.25, 0.3) is 0 Å². The predicted molar refractivity (Wildman–Crippen MR) is 140 cm³/mol. The first-order chi connectivity index (χ1) is 16.5. The second kappa shape index (κ2) is 10.2. The molecule has 0 bridgehead atoms. The minimum absolute atomic E-state index is 0.0297. The van der Waals surface area contributed by atoms with Crippen molar-refractivity contribution in [2.75, 3.05) is 0 Å². The Morgan fingerprint density at radius 2 is 1.66 bits per heavy atom. The fraction of sp³-hybridized carbons (Fsp3) is 0.871. The van der Waals surface area contributed by atoms with E-state index >= 15 is 0 Å². The summed E-state index contributed by atoms with van der Waals surface area (Å²) in [5.74, 6) is 3.93. The maximum atomic E-state index is 12.2. The molecule has 0 spiro atoms. The quantitative estimate of drug-likeness (QED) is 0.276. The second-order valence-corrected chi connectivity index (χ2v) is 13.5. The molecule has 0 aromatic carbocycles. The van der Waals surface area contributed by atoms with E-state index in [1.54, 1.807) is 0 Å². The van der Waals surface area contributed by atoms with Crippen LogP contribution in [-0.4, -0.2) is 24.1 Å². The summed E-state index contributed by atoms with van der Waals surface area (Å²) in [4.78, 5) is 23.8. The molecule has 4 nitrogen and oxygen atoms in total. The van der Waals surface area contributed by atoms with E-state index in [1.165, 1.54) is 64.4 Å². The molecule has 0 radical (unpaired) electrons. The molecule has 0 unspecified atom stereocenters. The number of rotatable bonds is 7. The van der Waals surface area contributed by atoms with E-state index < -0.39 is 0 Å². The SMILES string of the molecule is CC(=O)O[C@@H]1C=C2[C@H](OC(C)=O)C[C@H]3[C@H]4CC[C@H]([C@H](C)CCCC(C)C)[C@@]4(C)CC[C@@H]3[C@@]2(C)CC1. The number of esters is 2. The zero-order valence-electron chi connectivity index (χ0n) is 23.4. The summed E-state index contributed by atoms with van der Waals surface area (Å²) in [7, 11) is 0. The van der Waals surface area contributed by atoms with Gasteiger partial charge in [0.05, 0.1) is 0 Å². The van der Waals surface area contributed by atoms with Crippen molar-refractivity contribution in [3.05, 3.63) is 11.6 Å². The van der Waals surface area contributed by atoms with Crippen LogP contribution in [0.2, 0.25) is 0 Å². The lowest BCUT2D eigenvalue weighted by Gasteiger charge is -2.60. The van der Waals surface area contributed by atoms with Crippen LogP contribution < -0.4 is 0 Å². The standard InChI is InChI=1S/C31H50O4/c1-19(2)9-8-10-20(3)25-11-12-26-24-18-29(35-22(5)33)28-17-23(34-21(4)32)13-15-31(28,7)27(24)14-16-30(25,26)6/h17,19-20,23-27,29H,8-16,18H2,1-7H3/t20-,23+,24+,25-,26-,27+,29-,30-,31-/m1/s1. The van der Waals surface area contributed by atoms with Crippen LogP contribution in [0.1, 0.15) is 113 Å². The molecule has 9 atom stereocenters. The van der Waals surface area contributed by atoms with E-state index in [2.05, 4.69) is 40.7 Å². The zero-order chi connectivity index (χ0) is 25.5. The molecule has 0 aromatic rings. The highest BCUT2D eigenvalue weighted by molar-refractivity contribution is 5.67. The van der Waals surface area contributed by atoms with Gasteiger partial charge in [0.1, 0.15) is 12.2 Å². The highest BCUT2D eigenvalue weighted by atomic mass is 16.5. The molecule has 0 aromatic heterocycles. The highest BCUT2D eigenvalue weighted by Gasteiger charge is 2.61. The Morgan fingerprint density at radius 3 is 2.31 bits per heavy atom. The van der Waals surface area contributed by atoms with E-state index in [4.69, 9.17) is 9.47 Å². The van der Waals surface area contributed by atoms with Gasteiger partial charge in [-0.15, -0.1) is 0 Å². The fourth-order valence-electron chi connectivity index (χ4n) is 9.36. The van der Waals surface area contributed by atoms with Gasteiger partial charge in [-0.2, -0.15) is 0 Å². The Morgan fingerprint density at radius 1 is 0.943 bits per heavy atom. The number of carbonyl (C=O) groups excluding carboxylic acids is 2. The summed E-state index contributed by atoms with van der Waals surface area (Å²) in [5.41, 5.74) is 1.67. The molecule has 4 heteroatoms. The maximum absolute atomic E-state index is 12.2. The van der Waals surface area contributed by atoms with Gasteiger partial charge in [-0.3, -0.25) is 9.59 Å². The van der Waals surface area contributed by atoms with Gasteiger partial charge < -0.3 is 9.47 Å². The van der Waals surface area contributed by atoms with Crippen molar-refractivity contribution in [1.29, 1.82) is 0 Å². The third-order valence-corrected chi connectivity index (χ3v) is 10.9. The van der Waals surface area contributed by atoms with Crippen molar-refractivity contribution >= 4 is 11.9 Å². The van der Waals surface area contributed by atoms with E-state index in [0.717, 1.165) is 42.9 Å². The molecule has 0 aliphatic heterocycles. The van der Waals surface area contributed by atoms with Gasteiger partial charge in [-0.05, 0) is 103 Å². The lowest BCUT2D eigenvalue weighted by atomic mass is 9.46. The number of ether oxygens (including phenoxy) is 2. The van der Waals surface area contributed by atoms with Crippen LogP contribution in [0.4, 0.5) is 0 Å². The first-order valence-electron chi connectivity index (χ1n) is 14.5. The summed E-state index contributed by atoms with van der Waals surface area (Å²) < 4.78 is 11.6. The molecule has 4 rings (SSSR count). The van der Waals surface area contributed by atoms with Crippen molar-refractivity contribution in [3.8, 4) is 0 Å². The van der Waals surface area contributed by atoms with Gasteiger partial charge in [0, 0.05) is 13.8 Å². The number of fused-ring (bicyclic) bond motifs is 5. The molecule has 4 aliphatic carbocycles. The monoisotopic (exact) mass is 486 g/mol. The molecule has 0 amide bonds. The number of hydrogen-bond donors (Lipinski definition) is 0. The summed E-state index contributed by atoms with van der Waals surface area (Å²) in [6.45, 7) is 15.2.